The number of hydrogen-bond donors (Lipinski definition) is 1. The van der Waals surface area contributed by atoms with Crippen LogP contribution in [0.1, 0.15) is 11.6 Å². The van der Waals surface area contributed by atoms with E-state index in [1.165, 1.54) is 7.11 Å². The number of para-hydroxylation sites is 3. The summed E-state index contributed by atoms with van der Waals surface area (Å²) in [7, 11) is 1.50. The molecule has 2 heterocycles. The molecular formula is C24H20N2O5. The average molecular weight is 416 g/mol. The SMILES string of the molecule is COc1ccccc1N1C(=O)[C@H]2[C@@H](c3ccc(O)cc3)N(c3ccccc3)O[C@H]2C1=O. The molecule has 2 aliphatic rings. The number of nitrogens with zero attached hydrogens (tertiary/aromatic N) is 2. The van der Waals surface area contributed by atoms with E-state index in [2.05, 4.69) is 0 Å². The van der Waals surface area contributed by atoms with E-state index in [-0.39, 0.29) is 11.7 Å². The Labute approximate surface area is 179 Å². The minimum atomic E-state index is -0.962. The predicted molar refractivity (Wildman–Crippen MR) is 114 cm³/mol. The number of phenolic OH excluding ortho intramolecular Hbond substituents is 1. The number of rotatable bonds is 4. The molecule has 31 heavy (non-hydrogen) atoms. The minimum absolute atomic E-state index is 0.120. The smallest absolute Gasteiger partial charge is 0.266 e. The lowest BCUT2D eigenvalue weighted by molar-refractivity contribution is -0.126. The number of hydroxylamine groups is 1. The number of benzene rings is 3. The second-order valence-electron chi connectivity index (χ2n) is 7.43. The highest BCUT2D eigenvalue weighted by molar-refractivity contribution is 6.24. The fourth-order valence-corrected chi connectivity index (χ4v) is 4.28. The van der Waals surface area contributed by atoms with Crippen molar-refractivity contribution >= 4 is 23.2 Å². The maximum Gasteiger partial charge on any atom is 0.266 e. The number of carbonyl (C=O) groups excluding carboxylic acids is 2. The van der Waals surface area contributed by atoms with Gasteiger partial charge in [0.05, 0.1) is 24.5 Å². The van der Waals surface area contributed by atoms with Crippen LogP contribution in [0.15, 0.2) is 78.9 Å². The van der Waals surface area contributed by atoms with Crippen molar-refractivity contribution in [3.05, 3.63) is 84.4 Å². The minimum Gasteiger partial charge on any atom is -0.508 e. The first kappa shape index (κ1) is 19.1. The third-order valence-corrected chi connectivity index (χ3v) is 5.69. The number of anilines is 2. The van der Waals surface area contributed by atoms with E-state index < -0.39 is 24.0 Å². The monoisotopic (exact) mass is 416 g/mol. The Kier molecular flexibility index (Phi) is 4.60. The zero-order chi connectivity index (χ0) is 21.5. The van der Waals surface area contributed by atoms with Crippen LogP contribution in [0.5, 0.6) is 11.5 Å². The van der Waals surface area contributed by atoms with E-state index in [9.17, 15) is 14.7 Å². The fourth-order valence-electron chi connectivity index (χ4n) is 4.28. The molecule has 3 aromatic rings. The van der Waals surface area contributed by atoms with E-state index in [0.29, 0.717) is 11.4 Å². The molecule has 0 unspecified atom stereocenters. The molecule has 0 aromatic heterocycles. The van der Waals surface area contributed by atoms with Gasteiger partial charge in [0.15, 0.2) is 6.10 Å². The second kappa shape index (κ2) is 7.45. The summed E-state index contributed by atoms with van der Waals surface area (Å²) in [4.78, 5) is 34.2. The summed E-state index contributed by atoms with van der Waals surface area (Å²) in [6.07, 6.45) is -0.962. The van der Waals surface area contributed by atoms with Gasteiger partial charge in [-0.3, -0.25) is 14.4 Å². The third-order valence-electron chi connectivity index (χ3n) is 5.69. The Morgan fingerprint density at radius 3 is 2.26 bits per heavy atom. The van der Waals surface area contributed by atoms with Gasteiger partial charge in [-0.15, -0.1) is 0 Å². The number of phenols is 1. The molecule has 0 saturated carbocycles. The highest BCUT2D eigenvalue weighted by atomic mass is 16.7. The molecule has 3 atom stereocenters. The van der Waals surface area contributed by atoms with E-state index in [0.717, 1.165) is 16.2 Å². The quantitative estimate of drug-likeness (QED) is 0.657. The van der Waals surface area contributed by atoms with Gasteiger partial charge < -0.3 is 9.84 Å². The average Bonchev–Trinajstić information content (AvgIpc) is 3.31. The van der Waals surface area contributed by atoms with Gasteiger partial charge >= 0.3 is 0 Å². The Bertz CT molecular complexity index is 1130. The topological polar surface area (TPSA) is 79.3 Å². The molecule has 0 aliphatic carbocycles. The van der Waals surface area contributed by atoms with E-state index in [1.807, 2.05) is 30.3 Å². The summed E-state index contributed by atoms with van der Waals surface area (Å²) in [6, 6.07) is 22.3. The van der Waals surface area contributed by atoms with Crippen molar-refractivity contribution in [2.75, 3.05) is 17.1 Å². The molecule has 0 radical (unpaired) electrons. The molecular weight excluding hydrogens is 396 g/mol. The number of hydrogen-bond acceptors (Lipinski definition) is 6. The van der Waals surface area contributed by atoms with Gasteiger partial charge in [0.1, 0.15) is 17.4 Å². The van der Waals surface area contributed by atoms with Gasteiger partial charge in [-0.25, -0.2) is 9.96 Å². The van der Waals surface area contributed by atoms with Crippen LogP contribution in [0, 0.1) is 5.92 Å². The normalized spacial score (nSPS) is 22.7. The van der Waals surface area contributed by atoms with Crippen molar-refractivity contribution in [3.63, 3.8) is 0 Å². The van der Waals surface area contributed by atoms with Gasteiger partial charge in [0.25, 0.3) is 5.91 Å². The van der Waals surface area contributed by atoms with Crippen LogP contribution in [0.2, 0.25) is 0 Å². The highest BCUT2D eigenvalue weighted by Crippen LogP contribution is 2.48. The van der Waals surface area contributed by atoms with Crippen molar-refractivity contribution in [1.29, 1.82) is 0 Å². The largest absolute Gasteiger partial charge is 0.508 e. The highest BCUT2D eigenvalue weighted by Gasteiger charge is 2.60. The Hall–Kier alpha value is -3.84. The number of amides is 2. The molecule has 5 rings (SSSR count). The molecule has 2 amide bonds. The summed E-state index contributed by atoms with van der Waals surface area (Å²) >= 11 is 0. The maximum atomic E-state index is 13.6. The molecule has 7 heteroatoms. The first-order valence-corrected chi connectivity index (χ1v) is 9.91. The van der Waals surface area contributed by atoms with Gasteiger partial charge in [-0.2, -0.15) is 0 Å². The number of imide groups is 1. The van der Waals surface area contributed by atoms with Crippen molar-refractivity contribution < 1.29 is 24.3 Å². The summed E-state index contributed by atoms with van der Waals surface area (Å²) in [6.45, 7) is 0. The predicted octanol–water partition coefficient (Wildman–Crippen LogP) is 3.45. The lowest BCUT2D eigenvalue weighted by Gasteiger charge is -2.29. The van der Waals surface area contributed by atoms with Crippen LogP contribution in [0.4, 0.5) is 11.4 Å². The molecule has 2 saturated heterocycles. The molecule has 7 nitrogen and oxygen atoms in total. The zero-order valence-electron chi connectivity index (χ0n) is 16.7. The maximum absolute atomic E-state index is 13.6. The van der Waals surface area contributed by atoms with Crippen molar-refractivity contribution in [2.24, 2.45) is 5.92 Å². The molecule has 2 aliphatic heterocycles. The van der Waals surface area contributed by atoms with Crippen LogP contribution < -0.4 is 14.7 Å². The lowest BCUT2D eigenvalue weighted by atomic mass is 9.90. The summed E-state index contributed by atoms with van der Waals surface area (Å²) < 4.78 is 5.37. The van der Waals surface area contributed by atoms with Crippen LogP contribution in [-0.4, -0.2) is 30.1 Å². The van der Waals surface area contributed by atoms with Crippen LogP contribution >= 0.6 is 0 Å². The van der Waals surface area contributed by atoms with Crippen molar-refractivity contribution in [1.82, 2.24) is 0 Å². The van der Waals surface area contributed by atoms with Crippen molar-refractivity contribution in [3.8, 4) is 11.5 Å². The number of carbonyl (C=O) groups is 2. The number of methoxy groups -OCH3 is 1. The Morgan fingerprint density at radius 1 is 0.871 bits per heavy atom. The van der Waals surface area contributed by atoms with Gasteiger partial charge in [-0.1, -0.05) is 42.5 Å². The number of ether oxygens (including phenoxy) is 1. The second-order valence-corrected chi connectivity index (χ2v) is 7.43. The van der Waals surface area contributed by atoms with E-state index in [4.69, 9.17) is 9.57 Å². The van der Waals surface area contributed by atoms with Crippen LogP contribution in [0.3, 0.4) is 0 Å². The molecule has 0 bridgehead atoms. The molecule has 3 aromatic carbocycles. The van der Waals surface area contributed by atoms with Gasteiger partial charge in [-0.05, 0) is 42.0 Å². The summed E-state index contributed by atoms with van der Waals surface area (Å²) in [5, 5.41) is 11.3. The van der Waals surface area contributed by atoms with E-state index in [1.54, 1.807) is 53.6 Å². The standard InChI is InChI=1S/C24H20N2O5/c1-30-19-10-6-5-9-18(19)25-23(28)20-21(15-11-13-17(27)14-12-15)26(31-22(20)24(25)29)16-7-3-2-4-8-16/h2-14,20-22,27H,1H3/t20-,21+,22+/m0/s1. The molecule has 2 fully saturated rings. The van der Waals surface area contributed by atoms with Crippen LogP contribution in [0.25, 0.3) is 0 Å². The zero-order valence-corrected chi connectivity index (χ0v) is 16.7. The van der Waals surface area contributed by atoms with Gasteiger partial charge in [0, 0.05) is 0 Å². The first-order valence-electron chi connectivity index (χ1n) is 9.91. The first-order chi connectivity index (χ1) is 15.1. The molecule has 1 N–H and O–H groups in total. The van der Waals surface area contributed by atoms with E-state index >= 15 is 0 Å². The number of fused-ring (bicyclic) bond motifs is 1. The Morgan fingerprint density at radius 2 is 1.55 bits per heavy atom. The summed E-state index contributed by atoms with van der Waals surface area (Å²) in [5.74, 6) is -0.972. The number of aromatic hydroxyl groups is 1. The van der Waals surface area contributed by atoms with Crippen LogP contribution in [-0.2, 0) is 14.4 Å². The lowest BCUT2D eigenvalue weighted by Crippen LogP contribution is -2.37. The molecule has 0 spiro atoms. The van der Waals surface area contributed by atoms with Gasteiger partial charge in [0.2, 0.25) is 5.91 Å². The third kappa shape index (κ3) is 3.02. The fraction of sp³-hybridized carbons (Fsp3) is 0.167. The Balaban J connectivity index is 1.60. The van der Waals surface area contributed by atoms with Crippen molar-refractivity contribution in [2.45, 2.75) is 12.1 Å². The molecule has 156 valence electrons. The summed E-state index contributed by atoms with van der Waals surface area (Å²) in [5.41, 5.74) is 1.89.